The summed E-state index contributed by atoms with van der Waals surface area (Å²) >= 11 is 6.07. The van der Waals surface area contributed by atoms with Crippen LogP contribution in [0.2, 0.25) is 5.02 Å². The number of nitrogens with zero attached hydrogens (tertiary/aromatic N) is 2. The van der Waals surface area contributed by atoms with Crippen molar-refractivity contribution in [3.63, 3.8) is 0 Å². The van der Waals surface area contributed by atoms with E-state index in [2.05, 4.69) is 15.5 Å². The van der Waals surface area contributed by atoms with Gasteiger partial charge >= 0.3 is 0 Å². The molecule has 1 heterocycles. The number of aryl methyl sites for hydroxylation is 2. The Kier molecular flexibility index (Phi) is 3.10. The molecule has 0 atom stereocenters. The van der Waals surface area contributed by atoms with Crippen LogP contribution < -0.4 is 5.32 Å². The Morgan fingerprint density at radius 3 is 2.81 bits per heavy atom. The topological polar surface area (TPSA) is 51.0 Å². The van der Waals surface area contributed by atoms with Gasteiger partial charge in [0.05, 0.1) is 17.3 Å². The highest BCUT2D eigenvalue weighted by Crippen LogP contribution is 2.22. The number of aromatic nitrogens is 2. The number of halogens is 1. The van der Waals surface area contributed by atoms with E-state index in [-0.39, 0.29) is 0 Å². The van der Waals surface area contributed by atoms with E-state index in [9.17, 15) is 0 Å². The van der Waals surface area contributed by atoms with Crippen molar-refractivity contribution in [3.8, 4) is 0 Å². The number of hydrogen-bond donors (Lipinski definition) is 1. The third-order valence-electron chi connectivity index (χ3n) is 2.12. The van der Waals surface area contributed by atoms with E-state index in [0.29, 0.717) is 23.3 Å². The van der Waals surface area contributed by atoms with Gasteiger partial charge in [0.15, 0.2) is 5.82 Å². The summed E-state index contributed by atoms with van der Waals surface area (Å²) in [5, 5.41) is 7.54. The van der Waals surface area contributed by atoms with E-state index in [1.807, 2.05) is 25.1 Å². The number of nitrogens with one attached hydrogen (secondary N) is 1. The minimum Gasteiger partial charge on any atom is -0.375 e. The van der Waals surface area contributed by atoms with Crippen LogP contribution in [0.1, 0.15) is 17.3 Å². The van der Waals surface area contributed by atoms with E-state index >= 15 is 0 Å². The quantitative estimate of drug-likeness (QED) is 0.892. The maximum Gasteiger partial charge on any atom is 0.245 e. The van der Waals surface area contributed by atoms with Crippen molar-refractivity contribution in [2.24, 2.45) is 0 Å². The zero-order valence-corrected chi connectivity index (χ0v) is 9.88. The predicted molar refractivity (Wildman–Crippen MR) is 62.6 cm³/mol. The minimum atomic E-state index is 0.476. The summed E-state index contributed by atoms with van der Waals surface area (Å²) in [5.41, 5.74) is 1.99. The standard InChI is InChI=1S/C11H12ClN3O/c1-7-3-4-10(9(12)5-7)13-6-11-14-8(2)15-16-11/h3-5,13H,6H2,1-2H3. The van der Waals surface area contributed by atoms with Crippen LogP contribution in [0.5, 0.6) is 0 Å². The zero-order chi connectivity index (χ0) is 11.5. The van der Waals surface area contributed by atoms with Gasteiger partial charge in [-0.15, -0.1) is 0 Å². The van der Waals surface area contributed by atoms with Gasteiger partial charge in [0.25, 0.3) is 0 Å². The first kappa shape index (κ1) is 11.0. The molecule has 4 nitrogen and oxygen atoms in total. The Morgan fingerprint density at radius 1 is 1.38 bits per heavy atom. The summed E-state index contributed by atoms with van der Waals surface area (Å²) in [5.74, 6) is 1.18. The lowest BCUT2D eigenvalue weighted by Crippen LogP contribution is -2.00. The van der Waals surface area contributed by atoms with Crippen LogP contribution in [-0.2, 0) is 6.54 Å². The minimum absolute atomic E-state index is 0.476. The van der Waals surface area contributed by atoms with Crippen LogP contribution in [-0.4, -0.2) is 10.1 Å². The molecule has 5 heteroatoms. The van der Waals surface area contributed by atoms with Crippen molar-refractivity contribution in [2.45, 2.75) is 20.4 Å². The molecule has 0 bridgehead atoms. The zero-order valence-electron chi connectivity index (χ0n) is 9.12. The normalized spacial score (nSPS) is 10.4. The van der Waals surface area contributed by atoms with Crippen molar-refractivity contribution >= 4 is 17.3 Å². The lowest BCUT2D eigenvalue weighted by atomic mass is 10.2. The van der Waals surface area contributed by atoms with Gasteiger partial charge in [-0.25, -0.2) is 0 Å². The van der Waals surface area contributed by atoms with E-state index < -0.39 is 0 Å². The molecule has 84 valence electrons. The molecule has 1 aromatic carbocycles. The Labute approximate surface area is 98.6 Å². The molecule has 2 rings (SSSR count). The fourth-order valence-corrected chi connectivity index (χ4v) is 1.65. The second-order valence-corrected chi connectivity index (χ2v) is 3.98. The third-order valence-corrected chi connectivity index (χ3v) is 2.44. The molecule has 0 fully saturated rings. The highest BCUT2D eigenvalue weighted by Gasteiger charge is 2.04. The second-order valence-electron chi connectivity index (χ2n) is 3.57. The van der Waals surface area contributed by atoms with Crippen LogP contribution in [0.3, 0.4) is 0 Å². The molecule has 2 aromatic rings. The molecule has 0 radical (unpaired) electrons. The van der Waals surface area contributed by atoms with Crippen molar-refractivity contribution < 1.29 is 4.52 Å². The maximum absolute atomic E-state index is 6.07. The summed E-state index contributed by atoms with van der Waals surface area (Å²) in [7, 11) is 0. The van der Waals surface area contributed by atoms with Gasteiger partial charge in [0.1, 0.15) is 0 Å². The molecule has 1 aromatic heterocycles. The molecule has 0 aliphatic rings. The first-order valence-corrected chi connectivity index (χ1v) is 5.32. The molecular weight excluding hydrogens is 226 g/mol. The third kappa shape index (κ3) is 2.52. The largest absolute Gasteiger partial charge is 0.375 e. The number of benzene rings is 1. The summed E-state index contributed by atoms with van der Waals surface area (Å²) in [6.07, 6.45) is 0. The summed E-state index contributed by atoms with van der Waals surface area (Å²) in [4.78, 5) is 4.09. The monoisotopic (exact) mass is 237 g/mol. The van der Waals surface area contributed by atoms with Crippen LogP contribution in [0.4, 0.5) is 5.69 Å². The molecule has 0 aliphatic heterocycles. The first-order chi connectivity index (χ1) is 7.65. The van der Waals surface area contributed by atoms with Gasteiger partial charge in [-0.2, -0.15) is 4.98 Å². The predicted octanol–water partition coefficient (Wildman–Crippen LogP) is 2.95. The fourth-order valence-electron chi connectivity index (χ4n) is 1.35. The van der Waals surface area contributed by atoms with Gasteiger partial charge in [-0.05, 0) is 31.5 Å². The Bertz CT molecular complexity index is 496. The number of hydrogen-bond acceptors (Lipinski definition) is 4. The average molecular weight is 238 g/mol. The van der Waals surface area contributed by atoms with E-state index in [4.69, 9.17) is 16.1 Å². The SMILES string of the molecule is Cc1ccc(NCc2nc(C)no2)c(Cl)c1. The summed E-state index contributed by atoms with van der Waals surface area (Å²) in [6, 6.07) is 5.83. The first-order valence-electron chi connectivity index (χ1n) is 4.94. The van der Waals surface area contributed by atoms with E-state index in [1.54, 1.807) is 6.92 Å². The lowest BCUT2D eigenvalue weighted by molar-refractivity contribution is 0.379. The number of anilines is 1. The highest BCUT2D eigenvalue weighted by molar-refractivity contribution is 6.33. The molecule has 0 saturated carbocycles. The molecule has 0 unspecified atom stereocenters. The highest BCUT2D eigenvalue weighted by atomic mass is 35.5. The van der Waals surface area contributed by atoms with Gasteiger partial charge in [-0.3, -0.25) is 0 Å². The van der Waals surface area contributed by atoms with Crippen molar-refractivity contribution in [1.29, 1.82) is 0 Å². The van der Waals surface area contributed by atoms with Crippen LogP contribution in [0.25, 0.3) is 0 Å². The Morgan fingerprint density at radius 2 is 2.19 bits per heavy atom. The fraction of sp³-hybridized carbons (Fsp3) is 0.273. The van der Waals surface area contributed by atoms with Crippen LogP contribution in [0, 0.1) is 13.8 Å². The van der Waals surface area contributed by atoms with Crippen LogP contribution in [0.15, 0.2) is 22.7 Å². The molecule has 1 N–H and O–H groups in total. The molecule has 0 saturated heterocycles. The van der Waals surface area contributed by atoms with Gasteiger partial charge in [0, 0.05) is 0 Å². The van der Waals surface area contributed by atoms with Crippen molar-refractivity contribution in [1.82, 2.24) is 10.1 Å². The van der Waals surface area contributed by atoms with Crippen molar-refractivity contribution in [2.75, 3.05) is 5.32 Å². The smallest absolute Gasteiger partial charge is 0.245 e. The van der Waals surface area contributed by atoms with E-state index in [0.717, 1.165) is 11.3 Å². The summed E-state index contributed by atoms with van der Waals surface area (Å²) < 4.78 is 4.98. The average Bonchev–Trinajstić information content (AvgIpc) is 2.63. The molecule has 0 spiro atoms. The second kappa shape index (κ2) is 4.53. The maximum atomic E-state index is 6.07. The van der Waals surface area contributed by atoms with Gasteiger partial charge < -0.3 is 9.84 Å². The number of rotatable bonds is 3. The summed E-state index contributed by atoms with van der Waals surface area (Å²) in [6.45, 7) is 4.26. The molecular formula is C11H12ClN3O. The molecule has 16 heavy (non-hydrogen) atoms. The molecule has 0 amide bonds. The van der Waals surface area contributed by atoms with Gasteiger partial charge in [0.2, 0.25) is 5.89 Å². The van der Waals surface area contributed by atoms with Gasteiger partial charge in [-0.1, -0.05) is 22.8 Å². The van der Waals surface area contributed by atoms with Crippen LogP contribution >= 0.6 is 11.6 Å². The Hall–Kier alpha value is -1.55. The van der Waals surface area contributed by atoms with E-state index in [1.165, 1.54) is 0 Å². The molecule has 0 aliphatic carbocycles. The Balaban J connectivity index is 2.04. The lowest BCUT2D eigenvalue weighted by Gasteiger charge is -2.06. The van der Waals surface area contributed by atoms with Crippen molar-refractivity contribution in [3.05, 3.63) is 40.5 Å².